The molecular formula is C23H19Br2NZr. The maximum absolute atomic E-state index is 2.50. The van der Waals surface area contributed by atoms with Gasteiger partial charge in [0, 0.05) is 0 Å². The molecule has 1 unspecified atom stereocenters. The van der Waals surface area contributed by atoms with Gasteiger partial charge in [0.1, 0.15) is 0 Å². The second-order valence-corrected chi connectivity index (χ2v) is 10.5. The Morgan fingerprint density at radius 3 is 2.59 bits per heavy atom. The smallest absolute Gasteiger partial charge is 1.00 e. The maximum atomic E-state index is 2.50. The van der Waals surface area contributed by atoms with E-state index < -0.39 is 23.2 Å². The average molecular weight is 560 g/mol. The van der Waals surface area contributed by atoms with Crippen LogP contribution in [0.1, 0.15) is 26.9 Å². The van der Waals surface area contributed by atoms with Gasteiger partial charge in [-0.25, -0.2) is 0 Å². The summed E-state index contributed by atoms with van der Waals surface area (Å²) in [5.74, 6) is 0. The van der Waals surface area contributed by atoms with Crippen LogP contribution in [-0.2, 0) is 23.2 Å². The van der Waals surface area contributed by atoms with Crippen molar-refractivity contribution in [2.45, 2.75) is 17.0 Å². The molecule has 0 bridgehead atoms. The van der Waals surface area contributed by atoms with Gasteiger partial charge in [-0.3, -0.25) is 0 Å². The third-order valence-electron chi connectivity index (χ3n) is 5.16. The van der Waals surface area contributed by atoms with Gasteiger partial charge in [-0.2, -0.15) is 0 Å². The number of hydrogen-bond acceptors (Lipinski definition) is 0. The van der Waals surface area contributed by atoms with Crippen LogP contribution < -0.4 is 34.0 Å². The average Bonchev–Trinajstić information content (AvgIpc) is 3.33. The van der Waals surface area contributed by atoms with E-state index in [4.69, 9.17) is 0 Å². The van der Waals surface area contributed by atoms with Crippen LogP contribution in [0.2, 0.25) is 0 Å². The van der Waals surface area contributed by atoms with Crippen molar-refractivity contribution in [3.8, 4) is 0 Å². The Bertz CT molecular complexity index is 1070. The van der Waals surface area contributed by atoms with Crippen molar-refractivity contribution < 1.29 is 57.2 Å². The van der Waals surface area contributed by atoms with E-state index in [1.54, 1.807) is 3.28 Å². The van der Waals surface area contributed by atoms with Gasteiger partial charge in [0.25, 0.3) is 0 Å². The van der Waals surface area contributed by atoms with Crippen molar-refractivity contribution in [3.05, 3.63) is 92.9 Å². The van der Waals surface area contributed by atoms with Gasteiger partial charge in [-0.1, -0.05) is 0 Å². The number of aryl methyl sites for hydroxylation is 1. The van der Waals surface area contributed by atoms with Gasteiger partial charge >= 0.3 is 160 Å². The summed E-state index contributed by atoms with van der Waals surface area (Å²) in [6.45, 7) is 2.24. The molecule has 0 saturated carbocycles. The molecule has 1 nitrogen and oxygen atoms in total. The zero-order valence-electron chi connectivity index (χ0n) is 15.0. The first kappa shape index (κ1) is 20.8. The summed E-state index contributed by atoms with van der Waals surface area (Å²) in [6.07, 6.45) is 10.5. The molecule has 0 amide bonds. The van der Waals surface area contributed by atoms with E-state index in [0.717, 1.165) is 0 Å². The fourth-order valence-corrected chi connectivity index (χ4v) is 7.91. The molecule has 2 aromatic carbocycles. The van der Waals surface area contributed by atoms with Crippen LogP contribution in [0.25, 0.3) is 22.7 Å². The first-order valence-electron chi connectivity index (χ1n) is 8.81. The Balaban J connectivity index is 0.00000105. The number of allylic oxidation sites excluding steroid dienone is 5. The summed E-state index contributed by atoms with van der Waals surface area (Å²) in [4.78, 5) is 0. The van der Waals surface area contributed by atoms with Crippen LogP contribution in [-0.4, -0.2) is 4.57 Å². The molecule has 1 atom stereocenters. The first-order chi connectivity index (χ1) is 12.3. The Labute approximate surface area is 193 Å². The van der Waals surface area contributed by atoms with Gasteiger partial charge < -0.3 is 34.0 Å². The van der Waals surface area contributed by atoms with Gasteiger partial charge in [-0.05, 0) is 0 Å². The number of fused-ring (bicyclic) bond motifs is 2. The van der Waals surface area contributed by atoms with Crippen LogP contribution in [0, 0.1) is 6.92 Å². The molecule has 3 aromatic rings. The molecule has 5 rings (SSSR count). The summed E-state index contributed by atoms with van der Waals surface area (Å²) >= 11 is -0.720. The predicted molar refractivity (Wildman–Crippen MR) is 102 cm³/mol. The first-order valence-corrected chi connectivity index (χ1v) is 11.5. The molecule has 1 heterocycles. The van der Waals surface area contributed by atoms with Crippen LogP contribution in [0.4, 0.5) is 0 Å². The van der Waals surface area contributed by atoms with Crippen LogP contribution in [0.5, 0.6) is 0 Å². The predicted octanol–water partition coefficient (Wildman–Crippen LogP) is -0.0632. The molecule has 134 valence electrons. The maximum Gasteiger partial charge on any atom is -1.00 e. The molecule has 2 aliphatic carbocycles. The SMILES string of the molecule is Cc1cc2ccccc2n1C1=Cc2ccccc2[CH]1[Zr+2][C]1=CC=CC1.[Br-].[Br-]. The minimum absolute atomic E-state index is 0. The second kappa shape index (κ2) is 8.59. The Morgan fingerprint density at radius 1 is 1.00 bits per heavy atom. The van der Waals surface area contributed by atoms with E-state index in [1.807, 2.05) is 0 Å². The molecule has 0 aliphatic heterocycles. The van der Waals surface area contributed by atoms with Crippen molar-refractivity contribution in [2.24, 2.45) is 0 Å². The number of hydrogen-bond donors (Lipinski definition) is 0. The second-order valence-electron chi connectivity index (χ2n) is 6.78. The van der Waals surface area contributed by atoms with E-state index >= 15 is 0 Å². The molecule has 2 aliphatic rings. The number of rotatable bonds is 3. The number of benzene rings is 2. The quantitative estimate of drug-likeness (QED) is 0.424. The number of nitrogens with zero attached hydrogens (tertiary/aromatic N) is 1. The van der Waals surface area contributed by atoms with Crippen molar-refractivity contribution in [3.63, 3.8) is 0 Å². The van der Waals surface area contributed by atoms with Gasteiger partial charge in [-0.15, -0.1) is 0 Å². The van der Waals surface area contributed by atoms with Gasteiger partial charge in [0.05, 0.1) is 0 Å². The Kier molecular flexibility index (Phi) is 6.61. The fourth-order valence-electron chi connectivity index (χ4n) is 4.03. The molecule has 27 heavy (non-hydrogen) atoms. The van der Waals surface area contributed by atoms with E-state index in [9.17, 15) is 0 Å². The summed E-state index contributed by atoms with van der Waals surface area (Å²) in [5.41, 5.74) is 7.10. The number of para-hydroxylation sites is 1. The van der Waals surface area contributed by atoms with Crippen LogP contribution in [0.15, 0.2) is 76.1 Å². The van der Waals surface area contributed by atoms with E-state index in [1.165, 1.54) is 39.8 Å². The minimum atomic E-state index is -0.720. The summed E-state index contributed by atoms with van der Waals surface area (Å²) in [6, 6.07) is 20.1. The topological polar surface area (TPSA) is 4.93 Å². The van der Waals surface area contributed by atoms with Gasteiger partial charge in [0.2, 0.25) is 0 Å². The number of aromatic nitrogens is 1. The summed E-state index contributed by atoms with van der Waals surface area (Å²) in [5, 5.41) is 1.34. The molecule has 4 heteroatoms. The molecular weight excluding hydrogens is 541 g/mol. The third-order valence-corrected chi connectivity index (χ3v) is 9.18. The molecule has 0 spiro atoms. The normalized spacial score (nSPS) is 16.9. The third kappa shape index (κ3) is 3.69. The van der Waals surface area contributed by atoms with Crippen molar-refractivity contribution >= 4 is 22.7 Å². The largest absolute Gasteiger partial charge is 1.00 e. The molecule has 0 fully saturated rings. The molecule has 0 radical (unpaired) electrons. The summed E-state index contributed by atoms with van der Waals surface area (Å²) < 4.78 is 4.80. The molecule has 0 saturated heterocycles. The van der Waals surface area contributed by atoms with Gasteiger partial charge in [0.15, 0.2) is 0 Å². The minimum Gasteiger partial charge on any atom is -1.00 e. The molecule has 0 N–H and O–H groups in total. The zero-order valence-corrected chi connectivity index (χ0v) is 20.6. The Hall–Kier alpha value is -0.957. The summed E-state index contributed by atoms with van der Waals surface area (Å²) in [7, 11) is 0. The van der Waals surface area contributed by atoms with E-state index in [2.05, 4.69) is 90.4 Å². The Morgan fingerprint density at radius 2 is 1.78 bits per heavy atom. The fraction of sp³-hybridized carbons (Fsp3) is 0.130. The van der Waals surface area contributed by atoms with Crippen LogP contribution in [0.3, 0.4) is 0 Å². The zero-order chi connectivity index (χ0) is 16.8. The van der Waals surface area contributed by atoms with Crippen LogP contribution >= 0.6 is 0 Å². The van der Waals surface area contributed by atoms with E-state index in [0.29, 0.717) is 3.63 Å². The van der Waals surface area contributed by atoms with Crippen molar-refractivity contribution in [1.29, 1.82) is 0 Å². The van der Waals surface area contributed by atoms with E-state index in [-0.39, 0.29) is 34.0 Å². The van der Waals surface area contributed by atoms with Crippen molar-refractivity contribution in [1.82, 2.24) is 4.57 Å². The van der Waals surface area contributed by atoms with Crippen molar-refractivity contribution in [2.75, 3.05) is 0 Å². The number of halogens is 2. The standard InChI is InChI=1S/C18H14N.C5H5.2BrH.Zr/c1-13-10-16-8-4-5-9-18(16)19(13)17-11-14-6-2-3-7-15(14)12-17;1-2-4-5-3-1;;;/h2-12H,1H3;1-3H,4H2;2*1H;/q;;;;+2/p-2. The molecule has 1 aromatic heterocycles. The monoisotopic (exact) mass is 557 g/mol.